The van der Waals surface area contributed by atoms with Crippen LogP contribution in [0.5, 0.6) is 0 Å². The van der Waals surface area contributed by atoms with Gasteiger partial charge in [0, 0.05) is 24.2 Å². The number of ether oxygens (including phenoxy) is 1. The van der Waals surface area contributed by atoms with Gasteiger partial charge in [0.25, 0.3) is 5.56 Å². The molecule has 222 valence electrons. The Morgan fingerprint density at radius 1 is 0.927 bits per heavy atom. The minimum Gasteiger partial charge on any atom is -0.461 e. The summed E-state index contributed by atoms with van der Waals surface area (Å²) in [4.78, 5) is 40.3. The Kier molecular flexibility index (Phi) is 8.47. The number of hydrogen-bond donors (Lipinski definition) is 0. The third-order valence-electron chi connectivity index (χ3n) is 9.99. The number of rotatable bonds is 7. The number of aromatic nitrogens is 2. The molecular formula is C33H46N4O4. The fourth-order valence-corrected chi connectivity index (χ4v) is 8.51. The highest BCUT2D eigenvalue weighted by atomic mass is 16.6. The molecule has 0 amide bonds. The van der Waals surface area contributed by atoms with E-state index in [2.05, 4.69) is 15.0 Å². The third-order valence-corrected chi connectivity index (χ3v) is 9.99. The van der Waals surface area contributed by atoms with Crippen LogP contribution in [0.2, 0.25) is 0 Å². The van der Waals surface area contributed by atoms with Crippen molar-refractivity contribution in [1.82, 2.24) is 14.5 Å². The first-order chi connectivity index (χ1) is 19.9. The minimum absolute atomic E-state index is 0.00625. The van der Waals surface area contributed by atoms with Crippen LogP contribution in [0.25, 0.3) is 11.0 Å². The molecule has 4 bridgehead atoms. The first kappa shape index (κ1) is 28.4. The summed E-state index contributed by atoms with van der Waals surface area (Å²) in [5.41, 5.74) is 1.05. The number of carbonyl (C=O) groups excluding carboxylic acids is 1. The monoisotopic (exact) mass is 562 g/mol. The van der Waals surface area contributed by atoms with E-state index in [1.54, 1.807) is 6.92 Å². The predicted octanol–water partition coefficient (Wildman–Crippen LogP) is 6.01. The van der Waals surface area contributed by atoms with Crippen LogP contribution in [-0.4, -0.2) is 57.0 Å². The van der Waals surface area contributed by atoms with Crippen molar-refractivity contribution < 1.29 is 14.4 Å². The van der Waals surface area contributed by atoms with Gasteiger partial charge in [0.15, 0.2) is 5.69 Å². The van der Waals surface area contributed by atoms with Crippen molar-refractivity contribution in [2.45, 2.75) is 128 Å². The van der Waals surface area contributed by atoms with Gasteiger partial charge in [0.2, 0.25) is 5.71 Å². The van der Waals surface area contributed by atoms with Gasteiger partial charge >= 0.3 is 5.97 Å². The summed E-state index contributed by atoms with van der Waals surface area (Å²) in [5, 5.41) is 4.09. The molecule has 8 heteroatoms. The van der Waals surface area contributed by atoms with E-state index in [0.29, 0.717) is 23.6 Å². The van der Waals surface area contributed by atoms with Crippen molar-refractivity contribution in [3.8, 4) is 0 Å². The zero-order chi connectivity index (χ0) is 28.5. The molecule has 2 aliphatic carbocycles. The molecule has 41 heavy (non-hydrogen) atoms. The minimum atomic E-state index is -0.690. The van der Waals surface area contributed by atoms with Crippen LogP contribution < -0.4 is 5.56 Å². The first-order valence-electron chi connectivity index (χ1n) is 16.1. The highest BCUT2D eigenvalue weighted by molar-refractivity contribution is 6.42. The van der Waals surface area contributed by atoms with E-state index >= 15 is 0 Å². The lowest BCUT2D eigenvalue weighted by Gasteiger charge is -2.54. The van der Waals surface area contributed by atoms with Crippen molar-refractivity contribution in [1.29, 1.82) is 0 Å². The second-order valence-electron chi connectivity index (χ2n) is 13.1. The summed E-state index contributed by atoms with van der Waals surface area (Å²) < 4.78 is 7.20. The Morgan fingerprint density at radius 3 is 2.27 bits per heavy atom. The molecule has 0 radical (unpaired) electrons. The Bertz CT molecular complexity index is 1310. The Balaban J connectivity index is 1.36. The second kappa shape index (κ2) is 12.2. The quantitative estimate of drug-likeness (QED) is 0.234. The number of fused-ring (bicyclic) bond motifs is 5. The molecule has 0 N–H and O–H groups in total. The fraction of sp³-hybridized carbons (Fsp3) is 0.697. The number of esters is 1. The lowest BCUT2D eigenvalue weighted by Crippen LogP contribution is -2.58. The zero-order valence-electron chi connectivity index (χ0n) is 25.0. The molecule has 3 heterocycles. The highest BCUT2D eigenvalue weighted by Crippen LogP contribution is 2.47. The van der Waals surface area contributed by atoms with Gasteiger partial charge in [-0.15, -0.1) is 0 Å². The number of benzene rings is 1. The first-order valence-corrected chi connectivity index (χ1v) is 16.1. The van der Waals surface area contributed by atoms with Gasteiger partial charge in [-0.2, -0.15) is 0 Å². The third kappa shape index (κ3) is 5.81. The fourth-order valence-electron chi connectivity index (χ4n) is 8.51. The molecule has 4 fully saturated rings. The maximum absolute atomic E-state index is 14.3. The molecule has 6 rings (SSSR count). The van der Waals surface area contributed by atoms with Crippen molar-refractivity contribution in [3.05, 3.63) is 40.3 Å². The maximum atomic E-state index is 14.3. The SMILES string of the molecule is CCOC(=O)/C(=N\OC(C)C)c1nc2ccccc2n([C@H]2C[C@H]3CCC[C@@H](C2)N3C2CC3CCCCC(C3)C2)c1=O. The predicted molar refractivity (Wildman–Crippen MR) is 160 cm³/mol. The molecule has 2 aliphatic heterocycles. The maximum Gasteiger partial charge on any atom is 0.362 e. The summed E-state index contributed by atoms with van der Waals surface area (Å²) in [6, 6.07) is 9.46. The average molecular weight is 563 g/mol. The van der Waals surface area contributed by atoms with Gasteiger partial charge in [-0.3, -0.25) is 9.69 Å². The number of nitrogens with zero attached hydrogens (tertiary/aromatic N) is 4. The van der Waals surface area contributed by atoms with Crippen molar-refractivity contribution in [2.24, 2.45) is 17.0 Å². The standard InChI is InChI=1S/C33H46N4O4/c1-4-40-33(39)31(35-41-21(2)3)30-32(38)37(29-15-8-7-14-28(29)34-30)27-19-24-12-9-13-25(20-27)36(24)26-17-22-10-5-6-11-23(16-22)18-26/h7-8,14-15,21-27H,4-6,9-13,16-20H2,1-3H3/b35-31-/t22?,23?,24-,25+,26?,27+. The highest BCUT2D eigenvalue weighted by Gasteiger charge is 2.45. The Hall–Kier alpha value is -2.74. The van der Waals surface area contributed by atoms with Crippen molar-refractivity contribution in [2.75, 3.05) is 6.61 Å². The number of piperidine rings is 2. The number of carbonyl (C=O) groups is 1. The summed E-state index contributed by atoms with van der Waals surface area (Å²) in [5.74, 6) is 1.09. The molecule has 2 unspecified atom stereocenters. The molecule has 1 aromatic carbocycles. The van der Waals surface area contributed by atoms with Crippen LogP contribution in [0.15, 0.2) is 34.2 Å². The molecule has 0 spiro atoms. The van der Waals surface area contributed by atoms with Gasteiger partial charge in [0.05, 0.1) is 17.6 Å². The summed E-state index contributed by atoms with van der Waals surface area (Å²) >= 11 is 0. The van der Waals surface area contributed by atoms with Gasteiger partial charge in [-0.05, 0) is 89.7 Å². The second-order valence-corrected chi connectivity index (χ2v) is 13.1. The van der Waals surface area contributed by atoms with Crippen LogP contribution in [0, 0.1) is 11.8 Å². The lowest BCUT2D eigenvalue weighted by molar-refractivity contribution is -0.135. The molecule has 2 saturated carbocycles. The molecule has 2 aromatic rings. The summed E-state index contributed by atoms with van der Waals surface area (Å²) in [6.45, 7) is 5.56. The Labute approximate surface area is 243 Å². The van der Waals surface area contributed by atoms with E-state index in [4.69, 9.17) is 9.57 Å². The van der Waals surface area contributed by atoms with E-state index < -0.39 is 5.97 Å². The van der Waals surface area contributed by atoms with Crippen LogP contribution in [0.4, 0.5) is 0 Å². The smallest absolute Gasteiger partial charge is 0.362 e. The summed E-state index contributed by atoms with van der Waals surface area (Å²) in [6.07, 6.45) is 15.1. The van der Waals surface area contributed by atoms with Gasteiger partial charge < -0.3 is 14.1 Å². The van der Waals surface area contributed by atoms with E-state index in [0.717, 1.165) is 30.2 Å². The van der Waals surface area contributed by atoms with Crippen LogP contribution >= 0.6 is 0 Å². The average Bonchev–Trinajstić information content (AvgIpc) is 3.11. The zero-order valence-corrected chi connectivity index (χ0v) is 25.0. The van der Waals surface area contributed by atoms with Crippen LogP contribution in [0.1, 0.15) is 110 Å². The van der Waals surface area contributed by atoms with Crippen molar-refractivity contribution in [3.63, 3.8) is 0 Å². The van der Waals surface area contributed by atoms with E-state index in [-0.39, 0.29) is 35.7 Å². The number of oxime groups is 1. The van der Waals surface area contributed by atoms with Crippen LogP contribution in [0.3, 0.4) is 0 Å². The molecule has 4 aliphatic rings. The van der Waals surface area contributed by atoms with E-state index in [1.165, 1.54) is 64.2 Å². The topological polar surface area (TPSA) is 86.0 Å². The van der Waals surface area contributed by atoms with Gasteiger partial charge in [-0.1, -0.05) is 49.4 Å². The van der Waals surface area contributed by atoms with Crippen LogP contribution in [-0.2, 0) is 14.4 Å². The number of hydrogen-bond acceptors (Lipinski definition) is 7. The number of para-hydroxylation sites is 2. The molecule has 8 nitrogen and oxygen atoms in total. The normalized spacial score (nSPS) is 30.7. The van der Waals surface area contributed by atoms with Gasteiger partial charge in [-0.25, -0.2) is 9.78 Å². The molecule has 5 atom stereocenters. The Morgan fingerprint density at radius 2 is 1.61 bits per heavy atom. The summed E-state index contributed by atoms with van der Waals surface area (Å²) in [7, 11) is 0. The molecule has 2 saturated heterocycles. The molecule has 1 aromatic heterocycles. The van der Waals surface area contributed by atoms with E-state index in [1.807, 2.05) is 42.7 Å². The van der Waals surface area contributed by atoms with Gasteiger partial charge in [0.1, 0.15) is 6.10 Å². The van der Waals surface area contributed by atoms with Crippen molar-refractivity contribution >= 4 is 22.7 Å². The lowest BCUT2D eigenvalue weighted by atomic mass is 9.73. The largest absolute Gasteiger partial charge is 0.461 e. The molecular weight excluding hydrogens is 516 g/mol. The van der Waals surface area contributed by atoms with E-state index in [9.17, 15) is 9.59 Å².